The predicted molar refractivity (Wildman–Crippen MR) is 268 cm³/mol. The maximum atomic E-state index is 14.0. The van der Waals surface area contributed by atoms with Crippen molar-refractivity contribution in [1.82, 2.24) is 42.1 Å². The first-order chi connectivity index (χ1) is 34.0. The van der Waals surface area contributed by atoms with Crippen molar-refractivity contribution < 1.29 is 58.2 Å². The summed E-state index contributed by atoms with van der Waals surface area (Å²) in [7, 11) is 0. The molecule has 3 rings (SSSR count). The third-order valence-electron chi connectivity index (χ3n) is 12.4. The third kappa shape index (κ3) is 18.9. The predicted octanol–water partition coefficient (Wildman–Crippen LogP) is 0.788. The molecule has 0 bridgehead atoms. The van der Waals surface area contributed by atoms with Crippen molar-refractivity contribution in [2.45, 2.75) is 187 Å². The molecular formula is C51H77N9O12. The number of carbonyl (C=O) groups is 10. The maximum Gasteiger partial charge on any atom is 0.289 e. The Morgan fingerprint density at radius 1 is 0.667 bits per heavy atom. The zero-order valence-corrected chi connectivity index (χ0v) is 42.7. The molecule has 21 nitrogen and oxygen atoms in total. The van der Waals surface area contributed by atoms with Crippen molar-refractivity contribution >= 4 is 69.7 Å². The molecule has 0 aliphatic carbocycles. The largest absolute Gasteiger partial charge is 0.391 e. The summed E-state index contributed by atoms with van der Waals surface area (Å²) >= 11 is 0. The Morgan fingerprint density at radius 2 is 1.28 bits per heavy atom. The van der Waals surface area contributed by atoms with E-state index < -0.39 is 114 Å². The molecule has 9 atom stereocenters. The summed E-state index contributed by atoms with van der Waals surface area (Å²) in [6.07, 6.45) is 4.36. The van der Waals surface area contributed by atoms with E-state index in [9.17, 15) is 58.2 Å². The van der Waals surface area contributed by atoms with E-state index >= 15 is 0 Å². The Bertz CT molecular complexity index is 2210. The number of nitrogens with zero attached hydrogens (tertiary/aromatic N) is 1. The van der Waals surface area contributed by atoms with Gasteiger partial charge in [-0.1, -0.05) is 102 Å². The Morgan fingerprint density at radius 3 is 1.92 bits per heavy atom. The van der Waals surface area contributed by atoms with Crippen LogP contribution in [0.4, 0.5) is 0 Å². The highest BCUT2D eigenvalue weighted by Gasteiger charge is 2.42. The summed E-state index contributed by atoms with van der Waals surface area (Å²) in [4.78, 5) is 133. The molecule has 398 valence electrons. The van der Waals surface area contributed by atoms with Gasteiger partial charge in [0, 0.05) is 19.5 Å². The van der Waals surface area contributed by atoms with Crippen molar-refractivity contribution in [1.29, 1.82) is 0 Å². The smallest absolute Gasteiger partial charge is 0.289 e. The molecule has 0 radical (unpaired) electrons. The number of ketones is 1. The van der Waals surface area contributed by atoms with Crippen LogP contribution in [0.25, 0.3) is 10.8 Å². The lowest BCUT2D eigenvalue weighted by molar-refractivity contribution is -0.145. The fraction of sp³-hybridized carbons (Fsp3) is 0.608. The highest BCUT2D eigenvalue weighted by atomic mass is 16.3. The van der Waals surface area contributed by atoms with Crippen LogP contribution >= 0.6 is 0 Å². The van der Waals surface area contributed by atoms with Crippen LogP contribution in [0.15, 0.2) is 42.5 Å². The average molecular weight is 1010 g/mol. The van der Waals surface area contributed by atoms with Crippen LogP contribution in [0.1, 0.15) is 131 Å². The second-order valence-electron chi connectivity index (χ2n) is 19.1. The number of hydrogen-bond acceptors (Lipinski definition) is 12. The molecule has 1 aliphatic heterocycles. The quantitative estimate of drug-likeness (QED) is 0.0384. The summed E-state index contributed by atoms with van der Waals surface area (Å²) in [6, 6.07) is 3.07. The lowest BCUT2D eigenvalue weighted by Gasteiger charge is -2.32. The second-order valence-corrected chi connectivity index (χ2v) is 19.1. The number of carbonyl (C=O) groups excluding carboxylic acids is 10. The highest BCUT2D eigenvalue weighted by molar-refractivity contribution is 6.38. The van der Waals surface area contributed by atoms with Gasteiger partial charge in [0.2, 0.25) is 53.0 Å². The Hall–Kier alpha value is -6.48. The third-order valence-corrected chi connectivity index (χ3v) is 12.4. The molecule has 1 saturated heterocycles. The number of fused-ring (bicyclic) bond motifs is 1. The van der Waals surface area contributed by atoms with Gasteiger partial charge in [0.15, 0.2) is 0 Å². The minimum Gasteiger partial charge on any atom is -0.391 e. The van der Waals surface area contributed by atoms with Gasteiger partial charge in [-0.2, -0.15) is 0 Å². The molecule has 0 saturated carbocycles. The van der Waals surface area contributed by atoms with Crippen LogP contribution < -0.4 is 43.0 Å². The van der Waals surface area contributed by atoms with Crippen molar-refractivity contribution in [2.75, 3.05) is 6.54 Å². The zero-order chi connectivity index (χ0) is 53.7. The van der Waals surface area contributed by atoms with Crippen molar-refractivity contribution in [3.05, 3.63) is 48.0 Å². The van der Waals surface area contributed by atoms with Gasteiger partial charge in [-0.05, 0) is 75.6 Å². The van der Waals surface area contributed by atoms with E-state index in [1.165, 1.54) is 34.1 Å². The average Bonchev–Trinajstić information content (AvgIpc) is 3.82. The number of likely N-dealkylation sites (tertiary alicyclic amines) is 1. The number of aliphatic hydroxyl groups excluding tert-OH is 2. The van der Waals surface area contributed by atoms with Crippen molar-refractivity contribution in [3.63, 3.8) is 0 Å². The van der Waals surface area contributed by atoms with Gasteiger partial charge >= 0.3 is 0 Å². The molecule has 0 aromatic heterocycles. The van der Waals surface area contributed by atoms with Crippen LogP contribution in [0.5, 0.6) is 0 Å². The lowest BCUT2D eigenvalue weighted by Crippen LogP contribution is -2.62. The number of Topliss-reactive ketones (excluding diaryl/α,β-unsaturated/α-hetero) is 1. The summed E-state index contributed by atoms with van der Waals surface area (Å²) in [5, 5.41) is 40.5. The molecule has 0 unspecified atom stereocenters. The Labute approximate surface area is 421 Å². The van der Waals surface area contributed by atoms with Gasteiger partial charge in [0.25, 0.3) is 5.91 Å². The minimum atomic E-state index is -1.68. The first-order valence-corrected chi connectivity index (χ1v) is 25.1. The van der Waals surface area contributed by atoms with Gasteiger partial charge < -0.3 is 58.1 Å². The first kappa shape index (κ1) is 59.8. The topological polar surface area (TPSA) is 325 Å². The molecule has 2 aromatic rings. The number of benzene rings is 2. The number of aliphatic hydroxyl groups is 2. The van der Waals surface area contributed by atoms with Crippen molar-refractivity contribution in [3.8, 4) is 0 Å². The van der Waals surface area contributed by atoms with Gasteiger partial charge in [0.1, 0.15) is 36.3 Å². The number of nitrogens with one attached hydrogen (secondary N) is 7. The number of nitrogens with two attached hydrogens (primary N) is 1. The SMILES string of the molecule is CCCCCCCCCC(=O)N[C@@H](CC(C)C)C(=O)N[C@H](C(=O)N1CCC[C@H]1C(=O)N[C@H](C(=O)N[C@@H](C)C(=O)N[C@@H](CC(N)=O)C(=O)N[C@H](C)C(=O)C(=O)NCc1cccc2ccccc12)[C@@H](C)O)[C@@H](C)O. The van der Waals surface area contributed by atoms with Crippen LogP contribution in [-0.2, 0) is 54.5 Å². The maximum absolute atomic E-state index is 14.0. The molecule has 72 heavy (non-hydrogen) atoms. The number of rotatable bonds is 30. The summed E-state index contributed by atoms with van der Waals surface area (Å²) in [6.45, 7) is 10.9. The van der Waals surface area contributed by atoms with E-state index in [1.807, 2.05) is 44.2 Å². The summed E-state index contributed by atoms with van der Waals surface area (Å²) in [5.74, 6) is -8.75. The fourth-order valence-electron chi connectivity index (χ4n) is 8.35. The molecule has 1 aliphatic rings. The molecule has 2 aromatic carbocycles. The van der Waals surface area contributed by atoms with E-state index in [2.05, 4.69) is 44.1 Å². The molecule has 1 fully saturated rings. The Kier molecular flexibility index (Phi) is 24.7. The van der Waals surface area contributed by atoms with E-state index in [0.29, 0.717) is 12.8 Å². The minimum absolute atomic E-state index is 0.0164. The van der Waals surface area contributed by atoms with Gasteiger partial charge in [0.05, 0.1) is 24.7 Å². The van der Waals surface area contributed by atoms with Gasteiger partial charge in [-0.3, -0.25) is 47.9 Å². The second kappa shape index (κ2) is 29.8. The number of primary amides is 1. The molecular weight excluding hydrogens is 931 g/mol. The molecule has 0 spiro atoms. The first-order valence-electron chi connectivity index (χ1n) is 25.1. The van der Waals surface area contributed by atoms with Crippen LogP contribution in [0.2, 0.25) is 0 Å². The highest BCUT2D eigenvalue weighted by Crippen LogP contribution is 2.21. The number of unbranched alkanes of at least 4 members (excludes halogenated alkanes) is 6. The number of hydrogen-bond donors (Lipinski definition) is 10. The van der Waals surface area contributed by atoms with Gasteiger partial charge in [-0.25, -0.2) is 0 Å². The fourth-order valence-corrected chi connectivity index (χ4v) is 8.35. The molecule has 1 heterocycles. The molecule has 21 heteroatoms. The van der Waals surface area contributed by atoms with Crippen LogP contribution in [-0.4, -0.2) is 135 Å². The lowest BCUT2D eigenvalue weighted by atomic mass is 10.0. The van der Waals surface area contributed by atoms with Gasteiger partial charge in [-0.15, -0.1) is 0 Å². The summed E-state index contributed by atoms with van der Waals surface area (Å²) < 4.78 is 0. The van der Waals surface area contributed by atoms with E-state index in [1.54, 1.807) is 12.1 Å². The van der Waals surface area contributed by atoms with Crippen LogP contribution in [0, 0.1) is 5.92 Å². The normalized spacial score (nSPS) is 16.7. The van der Waals surface area contributed by atoms with E-state index in [4.69, 9.17) is 5.73 Å². The van der Waals surface area contributed by atoms with Crippen molar-refractivity contribution in [2.24, 2.45) is 11.7 Å². The van der Waals surface area contributed by atoms with E-state index in [0.717, 1.165) is 53.3 Å². The number of amides is 9. The molecule has 9 amide bonds. The summed E-state index contributed by atoms with van der Waals surface area (Å²) in [5.41, 5.74) is 6.10. The zero-order valence-electron chi connectivity index (χ0n) is 42.7. The molecule has 11 N–H and O–H groups in total. The van der Waals surface area contributed by atoms with E-state index in [-0.39, 0.29) is 44.2 Å². The van der Waals surface area contributed by atoms with Crippen LogP contribution in [0.3, 0.4) is 0 Å². The Balaban J connectivity index is 1.60. The monoisotopic (exact) mass is 1010 g/mol. The standard InChI is InChI=1S/C51H77N9O12/c1-8-9-10-11-12-13-14-24-41(64)56-37(26-29(2)3)47(68)59-43(33(7)62)51(72)60-25-18-23-39(60)48(69)58-42(32(6)61)49(70)55-31(5)45(66)57-38(27-40(52)63)46(67)54-30(4)44(65)50(71)53-28-35-21-17-20-34-19-15-16-22-36(34)35/h15-17,19-22,29-33,37-39,42-43,61-62H,8-14,18,23-28H2,1-7H3,(H2,52,63)(H,53,71)(H,54,67)(H,55,70)(H,56,64)(H,57,66)(H,58,69)(H,59,68)/t30-,31+,32-,33-,37+,38+,39+,42+,43+/m1/s1.